The highest BCUT2D eigenvalue weighted by atomic mass is 16.5. The molecule has 2 aromatic heterocycles. The quantitative estimate of drug-likeness (QED) is 0.299. The summed E-state index contributed by atoms with van der Waals surface area (Å²) in [6.07, 6.45) is 4.11. The number of fused-ring (bicyclic) bond motifs is 2. The largest absolute Gasteiger partial charge is 0.491 e. The molecule has 3 heterocycles. The van der Waals surface area contributed by atoms with Crippen molar-refractivity contribution in [3.05, 3.63) is 52.5 Å². The van der Waals surface area contributed by atoms with Crippen molar-refractivity contribution in [2.24, 2.45) is 0 Å². The zero-order valence-corrected chi connectivity index (χ0v) is 23.7. The first kappa shape index (κ1) is 26.0. The molecular formula is C31H39N5O2. The number of ether oxygens (including phenoxy) is 1. The molecule has 1 atom stereocenters. The van der Waals surface area contributed by atoms with Crippen LogP contribution >= 0.6 is 0 Å². The van der Waals surface area contributed by atoms with E-state index in [9.17, 15) is 4.79 Å². The van der Waals surface area contributed by atoms with Crippen LogP contribution in [0.2, 0.25) is 0 Å². The van der Waals surface area contributed by atoms with Gasteiger partial charge in [0.2, 0.25) is 5.91 Å². The molecule has 4 aromatic rings. The number of likely N-dealkylation sites (tertiary alicyclic amines) is 1. The highest BCUT2D eigenvalue weighted by Crippen LogP contribution is 2.40. The number of anilines is 2. The van der Waals surface area contributed by atoms with Gasteiger partial charge < -0.3 is 19.5 Å². The molecule has 7 heteroatoms. The van der Waals surface area contributed by atoms with Crippen molar-refractivity contribution in [3.8, 4) is 5.75 Å². The summed E-state index contributed by atoms with van der Waals surface area (Å²) in [5, 5.41) is 5.86. The Labute approximate surface area is 225 Å². The molecule has 2 aromatic carbocycles. The fourth-order valence-corrected chi connectivity index (χ4v) is 6.20. The molecule has 1 aliphatic heterocycles. The van der Waals surface area contributed by atoms with Crippen LogP contribution in [0.1, 0.15) is 61.1 Å². The van der Waals surface area contributed by atoms with E-state index >= 15 is 0 Å². The molecule has 200 valence electrons. The minimum atomic E-state index is 0.0992. The number of aromatic nitrogens is 3. The predicted molar refractivity (Wildman–Crippen MR) is 155 cm³/mol. The third kappa shape index (κ3) is 4.18. The molecule has 0 radical (unpaired) electrons. The lowest BCUT2D eigenvalue weighted by Crippen LogP contribution is -2.38. The Kier molecular flexibility index (Phi) is 7.03. The van der Waals surface area contributed by atoms with Gasteiger partial charge in [-0.05, 0) is 88.8 Å². The molecule has 38 heavy (non-hydrogen) atoms. The van der Waals surface area contributed by atoms with Gasteiger partial charge in [0.1, 0.15) is 24.5 Å². The summed E-state index contributed by atoms with van der Waals surface area (Å²) >= 11 is 0. The van der Waals surface area contributed by atoms with Crippen LogP contribution in [0.25, 0.3) is 21.8 Å². The second-order valence-corrected chi connectivity index (χ2v) is 10.5. The lowest BCUT2D eigenvalue weighted by Gasteiger charge is -2.25. The maximum absolute atomic E-state index is 12.4. The van der Waals surface area contributed by atoms with Crippen LogP contribution in [0.5, 0.6) is 5.75 Å². The van der Waals surface area contributed by atoms with Gasteiger partial charge >= 0.3 is 0 Å². The molecule has 1 unspecified atom stereocenters. The Bertz CT molecular complexity index is 1530. The molecule has 0 bridgehead atoms. The standard InChI is InChI=1S/C31H39N5O2/c1-8-26(37)36-15-11-12-23(36)16-38-25-14-10-13-24-28(25)31(33-17-32-24)34-29-18(3)19(4)30-27(21(29)6)20(5)22(7)35(30)9-2/h10,13-14,17,23H,8-9,11-12,15-16H2,1-7H3,(H,32,33,34). The van der Waals surface area contributed by atoms with Crippen molar-refractivity contribution in [2.75, 3.05) is 18.5 Å². The van der Waals surface area contributed by atoms with Crippen LogP contribution in [0.3, 0.4) is 0 Å². The van der Waals surface area contributed by atoms with Gasteiger partial charge in [-0.2, -0.15) is 0 Å². The monoisotopic (exact) mass is 513 g/mol. The van der Waals surface area contributed by atoms with Crippen molar-refractivity contribution in [1.82, 2.24) is 19.4 Å². The fraction of sp³-hybridized carbons (Fsp3) is 0.452. The number of amides is 1. The average Bonchev–Trinajstić information content (AvgIpc) is 3.50. The lowest BCUT2D eigenvalue weighted by atomic mass is 9.96. The minimum absolute atomic E-state index is 0.0992. The van der Waals surface area contributed by atoms with Crippen molar-refractivity contribution < 1.29 is 9.53 Å². The van der Waals surface area contributed by atoms with Crippen LogP contribution in [-0.2, 0) is 11.3 Å². The molecule has 1 saturated heterocycles. The molecule has 5 rings (SSSR count). The summed E-state index contributed by atoms with van der Waals surface area (Å²) < 4.78 is 8.82. The predicted octanol–water partition coefficient (Wildman–Crippen LogP) is 6.67. The zero-order valence-electron chi connectivity index (χ0n) is 23.7. The molecule has 1 amide bonds. The molecule has 0 saturated carbocycles. The van der Waals surface area contributed by atoms with Crippen LogP contribution in [-0.4, -0.2) is 44.5 Å². The van der Waals surface area contributed by atoms with Gasteiger partial charge in [-0.3, -0.25) is 4.79 Å². The normalized spacial score (nSPS) is 15.6. The van der Waals surface area contributed by atoms with E-state index in [0.29, 0.717) is 13.0 Å². The minimum Gasteiger partial charge on any atom is -0.491 e. The summed E-state index contributed by atoms with van der Waals surface area (Å²) in [5.41, 5.74) is 9.58. The van der Waals surface area contributed by atoms with E-state index in [1.165, 1.54) is 38.9 Å². The molecule has 1 fully saturated rings. The number of hydrogen-bond acceptors (Lipinski definition) is 5. The van der Waals surface area contributed by atoms with Gasteiger partial charge in [0.05, 0.1) is 22.5 Å². The Hall–Kier alpha value is -3.61. The molecule has 0 aliphatic carbocycles. The van der Waals surface area contributed by atoms with Gasteiger partial charge in [-0.15, -0.1) is 0 Å². The molecule has 1 N–H and O–H groups in total. The zero-order chi connectivity index (χ0) is 27.1. The first-order valence-electron chi connectivity index (χ1n) is 13.8. The summed E-state index contributed by atoms with van der Waals surface area (Å²) in [5.74, 6) is 1.66. The van der Waals surface area contributed by atoms with E-state index in [-0.39, 0.29) is 11.9 Å². The lowest BCUT2D eigenvalue weighted by molar-refractivity contribution is -0.132. The number of carbonyl (C=O) groups is 1. The van der Waals surface area contributed by atoms with Crippen molar-refractivity contribution >= 4 is 39.2 Å². The number of nitrogens with one attached hydrogen (secondary N) is 1. The van der Waals surface area contributed by atoms with E-state index in [4.69, 9.17) is 4.74 Å². The highest BCUT2D eigenvalue weighted by Gasteiger charge is 2.28. The Morgan fingerprint density at radius 3 is 2.55 bits per heavy atom. The van der Waals surface area contributed by atoms with Crippen LogP contribution in [0.15, 0.2) is 24.5 Å². The molecule has 7 nitrogen and oxygen atoms in total. The number of hydrogen-bond donors (Lipinski definition) is 1. The van der Waals surface area contributed by atoms with E-state index < -0.39 is 0 Å². The fourth-order valence-electron chi connectivity index (χ4n) is 6.20. The number of rotatable bonds is 7. The van der Waals surface area contributed by atoms with Crippen molar-refractivity contribution in [2.45, 2.75) is 80.3 Å². The summed E-state index contributed by atoms with van der Waals surface area (Å²) in [7, 11) is 0. The Morgan fingerprint density at radius 1 is 1.03 bits per heavy atom. The van der Waals surface area contributed by atoms with E-state index in [2.05, 4.69) is 61.4 Å². The average molecular weight is 514 g/mol. The van der Waals surface area contributed by atoms with Gasteiger partial charge in [0.15, 0.2) is 0 Å². The SMILES string of the molecule is CCC(=O)N1CCCC1COc1cccc2ncnc(Nc3c(C)c(C)c4c(c3C)c(C)c(C)n4CC)c12. The maximum Gasteiger partial charge on any atom is 0.222 e. The first-order chi connectivity index (χ1) is 18.3. The highest BCUT2D eigenvalue weighted by molar-refractivity contribution is 6.00. The summed E-state index contributed by atoms with van der Waals surface area (Å²) in [6.45, 7) is 17.4. The second kappa shape index (κ2) is 10.3. The maximum atomic E-state index is 12.4. The van der Waals surface area contributed by atoms with Crippen LogP contribution in [0, 0.1) is 34.6 Å². The number of benzene rings is 2. The topological polar surface area (TPSA) is 72.3 Å². The summed E-state index contributed by atoms with van der Waals surface area (Å²) in [4.78, 5) is 23.6. The first-order valence-corrected chi connectivity index (χ1v) is 13.8. The van der Waals surface area contributed by atoms with Gasteiger partial charge in [-0.1, -0.05) is 13.0 Å². The van der Waals surface area contributed by atoms with Crippen LogP contribution in [0.4, 0.5) is 11.5 Å². The van der Waals surface area contributed by atoms with E-state index in [0.717, 1.165) is 54.1 Å². The van der Waals surface area contributed by atoms with Gasteiger partial charge in [0, 0.05) is 36.3 Å². The molecule has 1 aliphatic rings. The van der Waals surface area contributed by atoms with E-state index in [1.807, 2.05) is 30.0 Å². The van der Waals surface area contributed by atoms with Crippen molar-refractivity contribution in [3.63, 3.8) is 0 Å². The number of nitrogens with zero attached hydrogens (tertiary/aromatic N) is 4. The number of aryl methyl sites for hydroxylation is 4. The van der Waals surface area contributed by atoms with Gasteiger partial charge in [0.25, 0.3) is 0 Å². The third-order valence-electron chi connectivity index (χ3n) is 8.49. The third-order valence-corrected chi connectivity index (χ3v) is 8.49. The molecule has 0 spiro atoms. The van der Waals surface area contributed by atoms with Crippen molar-refractivity contribution in [1.29, 1.82) is 0 Å². The summed E-state index contributed by atoms with van der Waals surface area (Å²) in [6, 6.07) is 6.02. The second-order valence-electron chi connectivity index (χ2n) is 10.5. The Balaban J connectivity index is 1.56. The molecular weight excluding hydrogens is 474 g/mol. The van der Waals surface area contributed by atoms with Crippen LogP contribution < -0.4 is 10.1 Å². The Morgan fingerprint density at radius 2 is 1.82 bits per heavy atom. The number of carbonyl (C=O) groups excluding carboxylic acids is 1. The van der Waals surface area contributed by atoms with Gasteiger partial charge in [-0.25, -0.2) is 9.97 Å². The van der Waals surface area contributed by atoms with E-state index in [1.54, 1.807) is 6.33 Å². The smallest absolute Gasteiger partial charge is 0.222 e.